The van der Waals surface area contributed by atoms with E-state index in [0.29, 0.717) is 19.3 Å². The lowest BCUT2D eigenvalue weighted by Gasteiger charge is -2.43. The molecule has 0 radical (unpaired) electrons. The Morgan fingerprint density at radius 1 is 0.486 bits per heavy atom. The van der Waals surface area contributed by atoms with Crippen LogP contribution >= 0.6 is 0 Å². The lowest BCUT2D eigenvalue weighted by atomic mass is 9.96. The van der Waals surface area contributed by atoms with Gasteiger partial charge in [0.2, 0.25) is 5.91 Å². The summed E-state index contributed by atoms with van der Waals surface area (Å²) in [6, 6.07) is -1.53. The zero-order valence-corrected chi connectivity index (χ0v) is 48.6. The normalized spacial score (nSPS) is 18.4. The molecule has 0 aromatic carbocycles. The first-order chi connectivity index (χ1) is 35.9. The summed E-state index contributed by atoms with van der Waals surface area (Å²) in [5.74, 6) is -1.73. The van der Waals surface area contributed by atoms with Gasteiger partial charge in [0.05, 0.1) is 13.0 Å². The molecule has 6 atom stereocenters. The number of unbranched alkanes of at least 4 members (excludes halogenated alkanes) is 40. The molecule has 0 aromatic heterocycles. The predicted molar refractivity (Wildman–Crippen MR) is 300 cm³/mol. The fourth-order valence-corrected chi connectivity index (χ4v) is 10.9. The fraction of sp³-hybridized carbons (Fsp3) is 0.950. The molecule has 438 valence electrons. The summed E-state index contributed by atoms with van der Waals surface area (Å²) < 4.78 is 55.7. The molecule has 0 spiro atoms. The van der Waals surface area contributed by atoms with Crippen LogP contribution in [-0.4, -0.2) is 84.4 Å². The maximum atomic E-state index is 13.8. The number of aliphatic hydroxyl groups excluding tert-OH is 2. The molecule has 1 heterocycles. The van der Waals surface area contributed by atoms with E-state index in [4.69, 9.17) is 18.4 Å². The van der Waals surface area contributed by atoms with Crippen molar-refractivity contribution < 1.29 is 56.0 Å². The van der Waals surface area contributed by atoms with Crippen molar-refractivity contribution in [3.8, 4) is 0 Å². The average molecular weight is 1070 g/mol. The molecule has 0 saturated carbocycles. The number of amides is 1. The molecule has 0 aromatic rings. The molecule has 0 bridgehead atoms. The van der Waals surface area contributed by atoms with E-state index in [1.54, 1.807) is 0 Å². The molecule has 1 rings (SSSR count). The van der Waals surface area contributed by atoms with Gasteiger partial charge in [-0.1, -0.05) is 278 Å². The van der Waals surface area contributed by atoms with Crippen LogP contribution in [0.25, 0.3) is 0 Å². The van der Waals surface area contributed by atoms with Crippen molar-refractivity contribution >= 4 is 28.2 Å². The Morgan fingerprint density at radius 2 is 0.811 bits per heavy atom. The highest BCUT2D eigenvalue weighted by Gasteiger charge is 2.50. The highest BCUT2D eigenvalue weighted by Crippen LogP contribution is 2.28. The van der Waals surface area contributed by atoms with Crippen LogP contribution in [0.3, 0.4) is 0 Å². The quantitative estimate of drug-likeness (QED) is 0.0256. The zero-order valence-electron chi connectivity index (χ0n) is 47.8. The fourth-order valence-electron chi connectivity index (χ4n) is 10.4. The number of aliphatic hydroxyl groups is 2. The third-order valence-corrected chi connectivity index (χ3v) is 15.4. The van der Waals surface area contributed by atoms with Crippen LogP contribution in [0.5, 0.6) is 0 Å². The van der Waals surface area contributed by atoms with Crippen LogP contribution in [0.2, 0.25) is 0 Å². The van der Waals surface area contributed by atoms with Crippen molar-refractivity contribution in [2.24, 2.45) is 0 Å². The van der Waals surface area contributed by atoms with Crippen LogP contribution in [0.1, 0.15) is 323 Å². The van der Waals surface area contributed by atoms with Crippen molar-refractivity contribution in [1.82, 2.24) is 5.32 Å². The SMILES string of the molecule is CCCCCCCCCCCCCCCCCCCC(=O)O[C@H](CCCCCCCCCCC)CC(=O)N[C@H]1C(O)O[C@H](CO)[C@@H](OS(=O)(=O)O)[C@@H]1OC(=O)CCCCCCCCCCCCCCCCCCC. The lowest BCUT2D eigenvalue weighted by molar-refractivity contribution is -0.254. The van der Waals surface area contributed by atoms with Gasteiger partial charge in [-0.05, 0) is 25.7 Å². The molecule has 0 aliphatic carbocycles. The summed E-state index contributed by atoms with van der Waals surface area (Å²) in [7, 11) is -5.16. The van der Waals surface area contributed by atoms with Gasteiger partial charge in [-0.15, -0.1) is 0 Å². The number of rotatable bonds is 54. The molecule has 1 aliphatic rings. The zero-order chi connectivity index (χ0) is 54.2. The van der Waals surface area contributed by atoms with Gasteiger partial charge >= 0.3 is 22.3 Å². The highest BCUT2D eigenvalue weighted by atomic mass is 32.3. The number of carbonyl (C=O) groups is 3. The van der Waals surface area contributed by atoms with Gasteiger partial charge in [0.1, 0.15) is 24.4 Å². The molecule has 14 heteroatoms. The minimum absolute atomic E-state index is 0.00862. The first-order valence-corrected chi connectivity index (χ1v) is 32.6. The Morgan fingerprint density at radius 3 is 1.15 bits per heavy atom. The number of esters is 2. The second-order valence-electron chi connectivity index (χ2n) is 22.0. The molecule has 1 amide bonds. The van der Waals surface area contributed by atoms with Gasteiger partial charge in [-0.2, -0.15) is 8.42 Å². The third-order valence-electron chi connectivity index (χ3n) is 15.0. The van der Waals surface area contributed by atoms with Crippen molar-refractivity contribution in [2.45, 2.75) is 359 Å². The van der Waals surface area contributed by atoms with E-state index >= 15 is 0 Å². The van der Waals surface area contributed by atoms with Gasteiger partial charge in [0.15, 0.2) is 12.4 Å². The number of carbonyl (C=O) groups excluding carboxylic acids is 3. The Balaban J connectivity index is 2.70. The number of nitrogens with one attached hydrogen (secondary N) is 1. The minimum atomic E-state index is -5.16. The van der Waals surface area contributed by atoms with Crippen LogP contribution in [0.4, 0.5) is 0 Å². The molecule has 13 nitrogen and oxygen atoms in total. The Kier molecular flexibility index (Phi) is 46.9. The van der Waals surface area contributed by atoms with E-state index in [1.807, 2.05) is 0 Å². The van der Waals surface area contributed by atoms with E-state index in [2.05, 4.69) is 26.1 Å². The highest BCUT2D eigenvalue weighted by molar-refractivity contribution is 7.80. The smallest absolute Gasteiger partial charge is 0.397 e. The second-order valence-corrected chi connectivity index (χ2v) is 23.1. The maximum Gasteiger partial charge on any atom is 0.397 e. The van der Waals surface area contributed by atoms with Crippen molar-refractivity contribution in [1.29, 1.82) is 0 Å². The van der Waals surface area contributed by atoms with Crippen LogP contribution in [0, 0.1) is 0 Å². The summed E-state index contributed by atoms with van der Waals surface area (Å²) in [5.41, 5.74) is 0. The Labute approximate surface area is 453 Å². The first kappa shape index (κ1) is 70.2. The van der Waals surface area contributed by atoms with Gasteiger partial charge in [-0.25, -0.2) is 4.18 Å². The third kappa shape index (κ3) is 41.3. The number of ether oxygens (including phenoxy) is 3. The Bertz CT molecular complexity index is 1420. The second kappa shape index (κ2) is 49.5. The van der Waals surface area contributed by atoms with E-state index in [-0.39, 0.29) is 25.2 Å². The van der Waals surface area contributed by atoms with E-state index in [9.17, 15) is 37.6 Å². The number of hydrogen-bond acceptors (Lipinski definition) is 11. The summed E-state index contributed by atoms with van der Waals surface area (Å²) in [4.78, 5) is 40.3. The van der Waals surface area contributed by atoms with Crippen molar-refractivity contribution in [2.75, 3.05) is 6.61 Å². The van der Waals surface area contributed by atoms with E-state index in [0.717, 1.165) is 70.6 Å². The van der Waals surface area contributed by atoms with E-state index in [1.165, 1.54) is 193 Å². The van der Waals surface area contributed by atoms with Gasteiger partial charge in [0, 0.05) is 12.8 Å². The average Bonchev–Trinajstić information content (AvgIpc) is 3.36. The first-order valence-electron chi connectivity index (χ1n) is 31.2. The standard InChI is InChI=1S/C60H115NO12S/c1-4-7-10-13-16-19-21-23-25-27-29-31-33-36-39-42-45-48-55(64)70-52(47-44-41-38-35-18-15-12-9-6-3)50-54(63)61-57-59(58(73-74(67,68)69)53(51-62)71-60(57)66)72-56(65)49-46-43-40-37-34-32-30-28-26-24-22-20-17-14-11-8-5-2/h52-53,57-60,62,66H,4-51H2,1-3H3,(H,61,63)(H,67,68,69)/t52-,53-,57-,58-,59-,60?/m1/s1. The summed E-state index contributed by atoms with van der Waals surface area (Å²) in [6.07, 6.45) is 44.2. The maximum absolute atomic E-state index is 13.8. The molecule has 1 saturated heterocycles. The molecule has 4 N–H and O–H groups in total. The van der Waals surface area contributed by atoms with Crippen LogP contribution < -0.4 is 5.32 Å². The number of hydrogen-bond donors (Lipinski definition) is 4. The van der Waals surface area contributed by atoms with Gasteiger partial charge in [-0.3, -0.25) is 18.9 Å². The molecular formula is C60H115NO12S. The monoisotopic (exact) mass is 1070 g/mol. The summed E-state index contributed by atoms with van der Waals surface area (Å²) in [6.45, 7) is 5.87. The summed E-state index contributed by atoms with van der Waals surface area (Å²) in [5, 5.41) is 23.8. The molecular weight excluding hydrogens is 959 g/mol. The molecule has 1 unspecified atom stereocenters. The lowest BCUT2D eigenvalue weighted by Crippen LogP contribution is -2.66. The largest absolute Gasteiger partial charge is 0.462 e. The molecule has 1 fully saturated rings. The minimum Gasteiger partial charge on any atom is -0.462 e. The van der Waals surface area contributed by atoms with Crippen LogP contribution in [-0.2, 0) is 43.2 Å². The Hall–Kier alpha value is -1.84. The van der Waals surface area contributed by atoms with Crippen molar-refractivity contribution in [3.05, 3.63) is 0 Å². The topological polar surface area (TPSA) is 195 Å². The van der Waals surface area contributed by atoms with Crippen molar-refractivity contribution in [3.63, 3.8) is 0 Å². The molecule has 1 aliphatic heterocycles. The van der Waals surface area contributed by atoms with Gasteiger partial charge < -0.3 is 29.7 Å². The molecule has 74 heavy (non-hydrogen) atoms. The van der Waals surface area contributed by atoms with E-state index < -0.39 is 65.6 Å². The predicted octanol–water partition coefficient (Wildman–Crippen LogP) is 15.6. The summed E-state index contributed by atoms with van der Waals surface area (Å²) >= 11 is 0. The van der Waals surface area contributed by atoms with Gasteiger partial charge in [0.25, 0.3) is 0 Å². The van der Waals surface area contributed by atoms with Crippen LogP contribution in [0.15, 0.2) is 0 Å².